The third kappa shape index (κ3) is 3.84. The highest BCUT2D eigenvalue weighted by molar-refractivity contribution is 9.10. The van der Waals surface area contributed by atoms with E-state index in [2.05, 4.69) is 20.7 Å². The number of aryl methyl sites for hydroxylation is 1. The molecule has 0 bridgehead atoms. The molecule has 1 N–H and O–H groups in total. The first kappa shape index (κ1) is 16.0. The molecule has 0 saturated carbocycles. The van der Waals surface area contributed by atoms with Crippen LogP contribution in [-0.2, 0) is 16.6 Å². The molecule has 0 unspecified atom stereocenters. The van der Waals surface area contributed by atoms with Crippen LogP contribution in [0.4, 0.5) is 0 Å². The number of hydrogen-bond donors (Lipinski definition) is 1. The molecule has 0 spiro atoms. The van der Waals surface area contributed by atoms with Crippen LogP contribution in [-0.4, -0.2) is 15.5 Å². The monoisotopic (exact) mass is 369 g/mol. The SMILES string of the molecule is COc1ccc(S(=O)(=O)NCc2ccccc2C)cc1Br. The Morgan fingerprint density at radius 3 is 2.52 bits per heavy atom. The highest BCUT2D eigenvalue weighted by atomic mass is 79.9. The van der Waals surface area contributed by atoms with Crippen molar-refractivity contribution >= 4 is 26.0 Å². The highest BCUT2D eigenvalue weighted by Crippen LogP contribution is 2.27. The molecule has 0 aromatic heterocycles. The molecule has 112 valence electrons. The number of rotatable bonds is 5. The summed E-state index contributed by atoms with van der Waals surface area (Å²) < 4.78 is 32.9. The topological polar surface area (TPSA) is 55.4 Å². The van der Waals surface area contributed by atoms with Gasteiger partial charge < -0.3 is 4.74 Å². The molecular formula is C15H16BrNO3S. The predicted octanol–water partition coefficient (Wildman–Crippen LogP) is 3.24. The quantitative estimate of drug-likeness (QED) is 0.879. The number of nitrogens with one attached hydrogen (secondary N) is 1. The zero-order valence-electron chi connectivity index (χ0n) is 11.8. The van der Waals surface area contributed by atoms with Crippen LogP contribution in [0.5, 0.6) is 5.75 Å². The second kappa shape index (κ2) is 6.60. The van der Waals surface area contributed by atoms with Gasteiger partial charge in [0, 0.05) is 6.54 Å². The normalized spacial score (nSPS) is 11.4. The van der Waals surface area contributed by atoms with Gasteiger partial charge in [0.15, 0.2) is 0 Å². The summed E-state index contributed by atoms with van der Waals surface area (Å²) in [5.41, 5.74) is 2.00. The lowest BCUT2D eigenvalue weighted by Crippen LogP contribution is -2.23. The molecule has 0 aliphatic heterocycles. The van der Waals surface area contributed by atoms with Crippen LogP contribution >= 0.6 is 15.9 Å². The summed E-state index contributed by atoms with van der Waals surface area (Å²) in [6.07, 6.45) is 0. The number of benzene rings is 2. The summed E-state index contributed by atoms with van der Waals surface area (Å²) in [6.45, 7) is 2.21. The van der Waals surface area contributed by atoms with Gasteiger partial charge in [0.05, 0.1) is 16.5 Å². The van der Waals surface area contributed by atoms with Crippen molar-refractivity contribution in [1.82, 2.24) is 4.72 Å². The van der Waals surface area contributed by atoms with Crippen molar-refractivity contribution in [2.75, 3.05) is 7.11 Å². The third-order valence-corrected chi connectivity index (χ3v) is 5.17. The number of methoxy groups -OCH3 is 1. The van der Waals surface area contributed by atoms with Gasteiger partial charge in [0.25, 0.3) is 0 Å². The van der Waals surface area contributed by atoms with Crippen LogP contribution in [0.25, 0.3) is 0 Å². The maximum Gasteiger partial charge on any atom is 0.240 e. The van der Waals surface area contributed by atoms with Crippen LogP contribution in [0, 0.1) is 6.92 Å². The molecule has 0 heterocycles. The third-order valence-electron chi connectivity index (χ3n) is 3.15. The molecular weight excluding hydrogens is 354 g/mol. The van der Waals surface area contributed by atoms with Gasteiger partial charge in [-0.05, 0) is 52.2 Å². The van der Waals surface area contributed by atoms with Crippen molar-refractivity contribution in [2.24, 2.45) is 0 Å². The van der Waals surface area contributed by atoms with Gasteiger partial charge in [-0.2, -0.15) is 0 Å². The summed E-state index contributed by atoms with van der Waals surface area (Å²) >= 11 is 3.29. The van der Waals surface area contributed by atoms with Crippen molar-refractivity contribution < 1.29 is 13.2 Å². The van der Waals surface area contributed by atoms with E-state index in [0.717, 1.165) is 11.1 Å². The van der Waals surface area contributed by atoms with Gasteiger partial charge in [-0.1, -0.05) is 24.3 Å². The molecule has 0 aliphatic carbocycles. The molecule has 2 aromatic carbocycles. The Hall–Kier alpha value is -1.37. The molecule has 0 fully saturated rings. The maximum atomic E-state index is 12.3. The fourth-order valence-corrected chi connectivity index (χ4v) is 3.60. The van der Waals surface area contributed by atoms with Crippen LogP contribution in [0.2, 0.25) is 0 Å². The Bertz CT molecular complexity index is 744. The minimum atomic E-state index is -3.56. The van der Waals surface area contributed by atoms with Crippen molar-refractivity contribution in [2.45, 2.75) is 18.4 Å². The lowest BCUT2D eigenvalue weighted by molar-refractivity contribution is 0.411. The average molecular weight is 370 g/mol. The van der Waals surface area contributed by atoms with E-state index in [1.54, 1.807) is 6.07 Å². The Balaban J connectivity index is 2.19. The van der Waals surface area contributed by atoms with E-state index in [1.165, 1.54) is 19.2 Å². The lowest BCUT2D eigenvalue weighted by atomic mass is 10.1. The number of ether oxygens (including phenoxy) is 1. The number of halogens is 1. The summed E-state index contributed by atoms with van der Waals surface area (Å²) in [6, 6.07) is 12.3. The zero-order chi connectivity index (χ0) is 15.5. The fourth-order valence-electron chi connectivity index (χ4n) is 1.88. The second-order valence-corrected chi connectivity index (χ2v) is 7.17. The molecule has 0 aliphatic rings. The van der Waals surface area contributed by atoms with E-state index in [9.17, 15) is 8.42 Å². The molecule has 0 saturated heterocycles. The first-order chi connectivity index (χ1) is 9.94. The Morgan fingerprint density at radius 1 is 1.19 bits per heavy atom. The highest BCUT2D eigenvalue weighted by Gasteiger charge is 2.15. The van der Waals surface area contributed by atoms with Crippen LogP contribution < -0.4 is 9.46 Å². The van der Waals surface area contributed by atoms with Gasteiger partial charge in [-0.3, -0.25) is 0 Å². The first-order valence-electron chi connectivity index (χ1n) is 6.32. The lowest BCUT2D eigenvalue weighted by Gasteiger charge is -2.10. The largest absolute Gasteiger partial charge is 0.496 e. The molecule has 21 heavy (non-hydrogen) atoms. The maximum absolute atomic E-state index is 12.3. The van der Waals surface area contributed by atoms with E-state index in [4.69, 9.17) is 4.74 Å². The van der Waals surface area contributed by atoms with Gasteiger partial charge in [-0.25, -0.2) is 13.1 Å². The predicted molar refractivity (Wildman–Crippen MR) is 85.9 cm³/mol. The van der Waals surface area contributed by atoms with Gasteiger partial charge in [0.1, 0.15) is 5.75 Å². The summed E-state index contributed by atoms with van der Waals surface area (Å²) in [5, 5.41) is 0. The fraction of sp³-hybridized carbons (Fsp3) is 0.200. The van der Waals surface area contributed by atoms with E-state index >= 15 is 0 Å². The second-order valence-electron chi connectivity index (χ2n) is 4.55. The summed E-state index contributed by atoms with van der Waals surface area (Å²) in [7, 11) is -2.03. The van der Waals surface area contributed by atoms with Gasteiger partial charge in [-0.15, -0.1) is 0 Å². The first-order valence-corrected chi connectivity index (χ1v) is 8.59. The Labute approximate surface area is 133 Å². The number of hydrogen-bond acceptors (Lipinski definition) is 3. The van der Waals surface area contributed by atoms with Crippen LogP contribution in [0.3, 0.4) is 0 Å². The number of sulfonamides is 1. The van der Waals surface area contributed by atoms with Crippen molar-refractivity contribution in [3.05, 3.63) is 58.1 Å². The van der Waals surface area contributed by atoms with Crippen LogP contribution in [0.1, 0.15) is 11.1 Å². The molecule has 0 amide bonds. The molecule has 6 heteroatoms. The van der Waals surface area contributed by atoms with Gasteiger partial charge >= 0.3 is 0 Å². The molecule has 2 rings (SSSR count). The summed E-state index contributed by atoms with van der Waals surface area (Å²) in [5.74, 6) is 0.591. The Kier molecular flexibility index (Phi) is 5.03. The minimum absolute atomic E-state index is 0.198. The Morgan fingerprint density at radius 2 is 1.90 bits per heavy atom. The molecule has 4 nitrogen and oxygen atoms in total. The standard InChI is InChI=1S/C15H16BrNO3S/c1-11-5-3-4-6-12(11)10-17-21(18,19)13-7-8-15(20-2)14(16)9-13/h3-9,17H,10H2,1-2H3. The molecule has 0 atom stereocenters. The van der Waals surface area contributed by atoms with E-state index in [0.29, 0.717) is 10.2 Å². The van der Waals surface area contributed by atoms with E-state index < -0.39 is 10.0 Å². The van der Waals surface area contributed by atoms with Crippen molar-refractivity contribution in [3.8, 4) is 5.75 Å². The van der Waals surface area contributed by atoms with Crippen molar-refractivity contribution in [3.63, 3.8) is 0 Å². The van der Waals surface area contributed by atoms with Gasteiger partial charge in [0.2, 0.25) is 10.0 Å². The minimum Gasteiger partial charge on any atom is -0.496 e. The smallest absolute Gasteiger partial charge is 0.240 e. The van der Waals surface area contributed by atoms with Crippen LogP contribution in [0.15, 0.2) is 51.8 Å². The average Bonchev–Trinajstić information content (AvgIpc) is 2.46. The van der Waals surface area contributed by atoms with Crippen molar-refractivity contribution in [1.29, 1.82) is 0 Å². The van der Waals surface area contributed by atoms with E-state index in [-0.39, 0.29) is 11.4 Å². The van der Waals surface area contributed by atoms with E-state index in [1.807, 2.05) is 31.2 Å². The summed E-state index contributed by atoms with van der Waals surface area (Å²) in [4.78, 5) is 0.198. The molecule has 0 radical (unpaired) electrons. The molecule has 2 aromatic rings. The zero-order valence-corrected chi connectivity index (χ0v) is 14.2.